The second-order valence-corrected chi connectivity index (χ2v) is 5.38. The summed E-state index contributed by atoms with van der Waals surface area (Å²) in [7, 11) is 1.47. The van der Waals surface area contributed by atoms with E-state index in [0.29, 0.717) is 16.0 Å². The maximum Gasteiger partial charge on any atom is 0.177 e. The zero-order valence-electron chi connectivity index (χ0n) is 10.4. The Morgan fingerprint density at radius 1 is 1.35 bits per heavy atom. The minimum Gasteiger partial charge on any atom is -0.503 e. The van der Waals surface area contributed by atoms with E-state index in [0.717, 1.165) is 16.6 Å². The van der Waals surface area contributed by atoms with E-state index < -0.39 is 0 Å². The van der Waals surface area contributed by atoms with Gasteiger partial charge in [0.05, 0.1) is 22.6 Å². The number of hydrogen-bond donors (Lipinski definition) is 2. The molecule has 3 rings (SSSR count). The molecule has 0 aliphatic rings. The van der Waals surface area contributed by atoms with Crippen molar-refractivity contribution in [2.45, 2.75) is 0 Å². The second-order valence-electron chi connectivity index (χ2n) is 4.21. The summed E-state index contributed by atoms with van der Waals surface area (Å²) in [6.45, 7) is 0. The Bertz CT molecular complexity index is 768. The molecule has 102 valence electrons. The van der Waals surface area contributed by atoms with Crippen molar-refractivity contribution < 1.29 is 9.84 Å². The highest BCUT2D eigenvalue weighted by Crippen LogP contribution is 2.44. The molecule has 0 aliphatic heterocycles. The molecule has 2 N–H and O–H groups in total. The summed E-state index contributed by atoms with van der Waals surface area (Å²) in [6.07, 6.45) is 0. The Morgan fingerprint density at radius 3 is 2.80 bits per heavy atom. The van der Waals surface area contributed by atoms with Crippen LogP contribution in [0, 0.1) is 0 Å². The number of hydrogen-bond acceptors (Lipinski definition) is 3. The van der Waals surface area contributed by atoms with Gasteiger partial charge in [0.15, 0.2) is 11.5 Å². The SMILES string of the molecule is COc1cc(-c2nc3ccccc3[nH]2)c(Br)c(Cl)c1O. The van der Waals surface area contributed by atoms with Crippen molar-refractivity contribution in [3.63, 3.8) is 0 Å². The van der Waals surface area contributed by atoms with Gasteiger partial charge in [0.1, 0.15) is 10.8 Å². The largest absolute Gasteiger partial charge is 0.503 e. The highest BCUT2D eigenvalue weighted by molar-refractivity contribution is 9.10. The molecule has 2 aromatic carbocycles. The van der Waals surface area contributed by atoms with E-state index in [4.69, 9.17) is 16.3 Å². The van der Waals surface area contributed by atoms with Crippen LogP contribution in [0.2, 0.25) is 5.02 Å². The zero-order valence-corrected chi connectivity index (χ0v) is 12.8. The molecule has 3 aromatic rings. The van der Waals surface area contributed by atoms with Crippen LogP contribution in [-0.4, -0.2) is 22.2 Å². The smallest absolute Gasteiger partial charge is 0.177 e. The lowest BCUT2D eigenvalue weighted by Crippen LogP contribution is -1.90. The Labute approximate surface area is 128 Å². The lowest BCUT2D eigenvalue weighted by molar-refractivity contribution is 0.373. The number of aromatic amines is 1. The molecule has 1 aromatic heterocycles. The van der Waals surface area contributed by atoms with E-state index in [9.17, 15) is 5.11 Å². The van der Waals surface area contributed by atoms with Gasteiger partial charge >= 0.3 is 0 Å². The van der Waals surface area contributed by atoms with Crippen molar-refractivity contribution in [3.05, 3.63) is 39.8 Å². The van der Waals surface area contributed by atoms with Crippen LogP contribution in [0.4, 0.5) is 0 Å². The number of aromatic nitrogens is 2. The fraction of sp³-hybridized carbons (Fsp3) is 0.0714. The van der Waals surface area contributed by atoms with Crippen molar-refractivity contribution in [2.75, 3.05) is 7.11 Å². The van der Waals surface area contributed by atoms with E-state index in [1.165, 1.54) is 7.11 Å². The van der Waals surface area contributed by atoms with Gasteiger partial charge in [-0.15, -0.1) is 0 Å². The maximum absolute atomic E-state index is 9.87. The number of rotatable bonds is 2. The van der Waals surface area contributed by atoms with Crippen molar-refractivity contribution >= 4 is 38.6 Å². The number of phenols is 1. The van der Waals surface area contributed by atoms with Gasteiger partial charge in [-0.1, -0.05) is 23.7 Å². The van der Waals surface area contributed by atoms with E-state index in [2.05, 4.69) is 25.9 Å². The number of methoxy groups -OCH3 is 1. The number of nitrogens with one attached hydrogen (secondary N) is 1. The fourth-order valence-corrected chi connectivity index (χ4v) is 2.69. The van der Waals surface area contributed by atoms with Crippen LogP contribution in [0.3, 0.4) is 0 Å². The molecule has 0 fully saturated rings. The van der Waals surface area contributed by atoms with Gasteiger partial charge in [0, 0.05) is 5.56 Å². The fourth-order valence-electron chi connectivity index (χ4n) is 2.00. The Kier molecular flexibility index (Phi) is 3.31. The van der Waals surface area contributed by atoms with Gasteiger partial charge in [-0.05, 0) is 34.1 Å². The minimum atomic E-state index is -0.0964. The lowest BCUT2D eigenvalue weighted by Gasteiger charge is -2.10. The normalized spacial score (nSPS) is 10.9. The number of imidazole rings is 1. The second kappa shape index (κ2) is 5.00. The number of aromatic hydroxyl groups is 1. The number of H-pyrrole nitrogens is 1. The van der Waals surface area contributed by atoms with Crippen LogP contribution in [0.15, 0.2) is 34.8 Å². The molecule has 0 aliphatic carbocycles. The summed E-state index contributed by atoms with van der Waals surface area (Å²) in [5.41, 5.74) is 2.51. The molecule has 4 nitrogen and oxygen atoms in total. The summed E-state index contributed by atoms with van der Waals surface area (Å²) >= 11 is 9.48. The molecule has 0 saturated carbocycles. The van der Waals surface area contributed by atoms with Crippen LogP contribution in [0.5, 0.6) is 11.5 Å². The lowest BCUT2D eigenvalue weighted by atomic mass is 10.2. The van der Waals surface area contributed by atoms with E-state index in [1.807, 2.05) is 24.3 Å². The number of nitrogens with zero attached hydrogens (tertiary/aromatic N) is 1. The molecule has 0 amide bonds. The van der Waals surface area contributed by atoms with E-state index >= 15 is 0 Å². The average molecular weight is 354 g/mol. The Morgan fingerprint density at radius 2 is 2.10 bits per heavy atom. The number of halogens is 2. The van der Waals surface area contributed by atoms with Gasteiger partial charge in [-0.25, -0.2) is 4.98 Å². The third-order valence-corrected chi connectivity index (χ3v) is 4.43. The molecule has 1 heterocycles. The van der Waals surface area contributed by atoms with E-state index in [-0.39, 0.29) is 10.8 Å². The maximum atomic E-state index is 9.87. The first-order valence-electron chi connectivity index (χ1n) is 5.82. The van der Waals surface area contributed by atoms with Gasteiger partial charge in [-0.2, -0.15) is 0 Å². The van der Waals surface area contributed by atoms with Gasteiger partial charge in [0.25, 0.3) is 0 Å². The number of fused-ring (bicyclic) bond motifs is 1. The van der Waals surface area contributed by atoms with Crippen molar-refractivity contribution in [2.24, 2.45) is 0 Å². The van der Waals surface area contributed by atoms with Crippen LogP contribution < -0.4 is 4.74 Å². The molecule has 0 saturated heterocycles. The highest BCUT2D eigenvalue weighted by atomic mass is 79.9. The predicted molar refractivity (Wildman–Crippen MR) is 82.5 cm³/mol. The number of benzene rings is 2. The van der Waals surface area contributed by atoms with Crippen molar-refractivity contribution in [3.8, 4) is 22.9 Å². The van der Waals surface area contributed by atoms with Crippen molar-refractivity contribution in [1.82, 2.24) is 9.97 Å². The third-order valence-electron chi connectivity index (χ3n) is 3.01. The summed E-state index contributed by atoms with van der Waals surface area (Å²) in [4.78, 5) is 7.72. The molecule has 0 unspecified atom stereocenters. The van der Waals surface area contributed by atoms with Crippen molar-refractivity contribution in [1.29, 1.82) is 0 Å². The summed E-state index contributed by atoms with van der Waals surface area (Å²) in [5, 5.41) is 10.1. The molecule has 6 heteroatoms. The van der Waals surface area contributed by atoms with Crippen LogP contribution in [0.1, 0.15) is 0 Å². The van der Waals surface area contributed by atoms with Gasteiger partial charge in [0.2, 0.25) is 0 Å². The number of phenolic OH excluding ortho intramolecular Hbond substituents is 1. The first kappa shape index (κ1) is 13.3. The molecule has 0 bridgehead atoms. The van der Waals surface area contributed by atoms with Crippen LogP contribution in [0.25, 0.3) is 22.4 Å². The number of para-hydroxylation sites is 2. The van der Waals surface area contributed by atoms with Gasteiger partial charge < -0.3 is 14.8 Å². The predicted octanol–water partition coefficient (Wildman–Crippen LogP) is 4.36. The molecular formula is C14H10BrClN2O2. The van der Waals surface area contributed by atoms with Gasteiger partial charge in [-0.3, -0.25) is 0 Å². The first-order chi connectivity index (χ1) is 9.61. The monoisotopic (exact) mass is 352 g/mol. The Hall–Kier alpha value is -1.72. The quantitative estimate of drug-likeness (QED) is 0.719. The first-order valence-corrected chi connectivity index (χ1v) is 6.99. The molecule has 0 radical (unpaired) electrons. The molecule has 20 heavy (non-hydrogen) atoms. The zero-order chi connectivity index (χ0) is 14.3. The summed E-state index contributed by atoms with van der Waals surface area (Å²) in [5.74, 6) is 0.854. The van der Waals surface area contributed by atoms with E-state index in [1.54, 1.807) is 6.07 Å². The molecular weight excluding hydrogens is 344 g/mol. The summed E-state index contributed by atoms with van der Waals surface area (Å²) in [6, 6.07) is 9.40. The van der Waals surface area contributed by atoms with Crippen LogP contribution >= 0.6 is 27.5 Å². The average Bonchev–Trinajstić information content (AvgIpc) is 2.89. The summed E-state index contributed by atoms with van der Waals surface area (Å²) < 4.78 is 5.69. The van der Waals surface area contributed by atoms with Crippen LogP contribution in [-0.2, 0) is 0 Å². The number of ether oxygens (including phenoxy) is 1. The standard InChI is InChI=1S/C14H10BrClN2O2/c1-20-10-6-7(11(15)12(16)13(10)19)14-17-8-4-2-3-5-9(8)18-14/h2-6,19H,1H3,(H,17,18). The Balaban J connectivity index is 2.25. The minimum absolute atomic E-state index is 0.0964. The third kappa shape index (κ3) is 2.03. The topological polar surface area (TPSA) is 58.1 Å². The molecule has 0 spiro atoms. The molecule has 0 atom stereocenters. The highest BCUT2D eigenvalue weighted by Gasteiger charge is 2.18.